The second kappa shape index (κ2) is 14.0. The van der Waals surface area contributed by atoms with Gasteiger partial charge in [0.15, 0.2) is 5.71 Å². The Kier molecular flexibility index (Phi) is 8.96. The first-order valence-electron chi connectivity index (χ1n) is 18.4. The third kappa shape index (κ3) is 6.34. The van der Waals surface area contributed by atoms with E-state index < -0.39 is 0 Å². The molecule has 0 saturated heterocycles. The van der Waals surface area contributed by atoms with Crippen molar-refractivity contribution in [3.63, 3.8) is 0 Å². The molecule has 1 fully saturated rings. The molecule has 1 saturated carbocycles. The van der Waals surface area contributed by atoms with E-state index in [1.807, 2.05) is 6.08 Å². The monoisotopic (exact) mass is 665 g/mol. The van der Waals surface area contributed by atoms with Gasteiger partial charge in [-0.15, -0.1) is 0 Å². The first-order chi connectivity index (χ1) is 25.0. The van der Waals surface area contributed by atoms with Crippen LogP contribution in [0.2, 0.25) is 0 Å². The molecule has 0 amide bonds. The summed E-state index contributed by atoms with van der Waals surface area (Å²) in [5.74, 6) is 0.739. The van der Waals surface area contributed by atoms with Crippen LogP contribution in [0, 0.1) is 0 Å². The van der Waals surface area contributed by atoms with E-state index in [2.05, 4.69) is 170 Å². The normalized spacial score (nSPS) is 20.1. The molecule has 0 radical (unpaired) electrons. The van der Waals surface area contributed by atoms with E-state index in [4.69, 9.17) is 0 Å². The minimum Gasteiger partial charge on any atom is -0.338 e. The molecule has 252 valence electrons. The van der Waals surface area contributed by atoms with E-state index in [9.17, 15) is 4.79 Å². The summed E-state index contributed by atoms with van der Waals surface area (Å²) in [6, 6.07) is 46.1. The molecule has 0 N–H and O–H groups in total. The van der Waals surface area contributed by atoms with Crippen LogP contribution < -0.4 is 4.90 Å². The van der Waals surface area contributed by atoms with Gasteiger partial charge < -0.3 is 4.90 Å². The summed E-state index contributed by atoms with van der Waals surface area (Å²) in [5, 5.41) is 0. The van der Waals surface area contributed by atoms with Crippen molar-refractivity contribution in [3.05, 3.63) is 178 Å². The highest BCUT2D eigenvalue weighted by molar-refractivity contribution is 6.26. The van der Waals surface area contributed by atoms with Crippen LogP contribution in [-0.2, 0) is 11.2 Å². The SMILES string of the molecule is C=Cc1ccc(CCC2C(=O)C(=Cc3ccc4c(c3)C3CCCC3N4c3ccc(C=C(c4ccccc4)c4ccccc4)cc3)C(C)=[N+]2C)cc1. The number of aryl methyl sites for hydroxylation is 1. The Hall–Kier alpha value is -5.54. The summed E-state index contributed by atoms with van der Waals surface area (Å²) in [6.07, 6.45) is 11.6. The van der Waals surface area contributed by atoms with E-state index >= 15 is 0 Å². The van der Waals surface area contributed by atoms with Gasteiger partial charge in [-0.3, -0.25) is 4.79 Å². The van der Waals surface area contributed by atoms with Gasteiger partial charge in [-0.1, -0.05) is 122 Å². The molecule has 3 heteroatoms. The van der Waals surface area contributed by atoms with Crippen LogP contribution in [0.15, 0.2) is 140 Å². The van der Waals surface area contributed by atoms with Crippen molar-refractivity contribution in [1.29, 1.82) is 0 Å². The number of anilines is 2. The molecule has 3 aliphatic rings. The average Bonchev–Trinajstić information content (AvgIpc) is 3.83. The summed E-state index contributed by atoms with van der Waals surface area (Å²) in [5.41, 5.74) is 14.2. The maximum atomic E-state index is 13.8. The number of ketones is 1. The van der Waals surface area contributed by atoms with Gasteiger partial charge >= 0.3 is 0 Å². The number of fused-ring (bicyclic) bond motifs is 3. The number of rotatable bonds is 9. The fraction of sp³-hybridized carbons (Fsp3) is 0.208. The summed E-state index contributed by atoms with van der Waals surface area (Å²) in [6.45, 7) is 5.94. The van der Waals surface area contributed by atoms with E-state index in [0.717, 1.165) is 35.3 Å². The van der Waals surface area contributed by atoms with Crippen LogP contribution in [-0.4, -0.2) is 35.2 Å². The fourth-order valence-electron chi connectivity index (χ4n) is 8.52. The lowest BCUT2D eigenvalue weighted by molar-refractivity contribution is -0.519. The second-order valence-corrected chi connectivity index (χ2v) is 14.3. The maximum absolute atomic E-state index is 13.8. The molecule has 2 heterocycles. The lowest BCUT2D eigenvalue weighted by Gasteiger charge is -2.27. The summed E-state index contributed by atoms with van der Waals surface area (Å²) in [4.78, 5) is 16.4. The van der Waals surface area contributed by atoms with E-state index in [0.29, 0.717) is 12.0 Å². The molecule has 0 aromatic heterocycles. The number of benzene rings is 5. The number of Topliss-reactive ketones (excluding diaryl/α,β-unsaturated/α-hetero) is 1. The number of carbonyl (C=O) groups is 1. The predicted molar refractivity (Wildman–Crippen MR) is 214 cm³/mol. The molecule has 5 aromatic carbocycles. The highest BCUT2D eigenvalue weighted by Gasteiger charge is 2.43. The van der Waals surface area contributed by atoms with Crippen LogP contribution in [0.5, 0.6) is 0 Å². The zero-order chi connectivity index (χ0) is 34.9. The molecule has 2 aliphatic heterocycles. The number of hydrogen-bond donors (Lipinski definition) is 0. The first-order valence-corrected chi connectivity index (χ1v) is 18.4. The van der Waals surface area contributed by atoms with Crippen LogP contribution >= 0.6 is 0 Å². The molecule has 3 unspecified atom stereocenters. The molecule has 1 aliphatic carbocycles. The maximum Gasteiger partial charge on any atom is 0.236 e. The topological polar surface area (TPSA) is 23.3 Å². The average molecular weight is 666 g/mol. The van der Waals surface area contributed by atoms with Crippen molar-refractivity contribution >= 4 is 46.7 Å². The molecular weight excluding hydrogens is 621 g/mol. The lowest BCUT2D eigenvalue weighted by Crippen LogP contribution is -2.26. The van der Waals surface area contributed by atoms with Crippen LogP contribution in [0.1, 0.15) is 77.5 Å². The van der Waals surface area contributed by atoms with E-state index in [-0.39, 0.29) is 11.8 Å². The molecule has 3 atom stereocenters. The highest BCUT2D eigenvalue weighted by Crippen LogP contribution is 2.52. The van der Waals surface area contributed by atoms with Crippen molar-refractivity contribution in [2.45, 2.75) is 57.0 Å². The van der Waals surface area contributed by atoms with Gasteiger partial charge in [0.2, 0.25) is 11.8 Å². The molecule has 5 aromatic rings. The summed E-state index contributed by atoms with van der Waals surface area (Å²) < 4.78 is 2.18. The standard InChI is InChI=1S/C48H45N2O/c1-4-34-18-20-35(21-19-34)24-29-47-48(51)42(33(2)49(47)3)31-37-25-28-46-44(32-37)41-16-11-17-45(41)50(46)40-26-22-36(23-27-40)30-43(38-12-7-5-8-13-38)39-14-9-6-10-15-39/h4-10,12-15,18-23,25-28,30-32,41,45,47H,1,11,16-17,24,29H2,2-3H3/q+1. The Labute approximate surface area is 302 Å². The van der Waals surface area contributed by atoms with Gasteiger partial charge in [0.1, 0.15) is 7.05 Å². The largest absolute Gasteiger partial charge is 0.338 e. The molecule has 3 nitrogen and oxygen atoms in total. The Bertz CT molecular complexity index is 2130. The van der Waals surface area contributed by atoms with Crippen molar-refractivity contribution in [1.82, 2.24) is 0 Å². The van der Waals surface area contributed by atoms with E-state index in [1.165, 1.54) is 64.0 Å². The van der Waals surface area contributed by atoms with Gasteiger partial charge in [-0.2, -0.15) is 0 Å². The molecule has 0 spiro atoms. The Morgan fingerprint density at radius 2 is 1.45 bits per heavy atom. The Balaban J connectivity index is 1.05. The third-order valence-corrected chi connectivity index (χ3v) is 11.4. The molecular formula is C48H45N2O+. The number of hydrogen-bond acceptors (Lipinski definition) is 2. The van der Waals surface area contributed by atoms with Gasteiger partial charge in [-0.05, 0) is 100 Å². The second-order valence-electron chi connectivity index (χ2n) is 14.3. The van der Waals surface area contributed by atoms with Crippen molar-refractivity contribution in [2.75, 3.05) is 11.9 Å². The van der Waals surface area contributed by atoms with Gasteiger partial charge in [-0.25, -0.2) is 4.58 Å². The first kappa shape index (κ1) is 32.7. The minimum absolute atomic E-state index is 0.131. The van der Waals surface area contributed by atoms with Crippen molar-refractivity contribution in [3.8, 4) is 0 Å². The van der Waals surface area contributed by atoms with Gasteiger partial charge in [0, 0.05) is 36.7 Å². The van der Waals surface area contributed by atoms with Gasteiger partial charge in [0.25, 0.3) is 0 Å². The number of likely N-dealkylation sites (N-methyl/N-ethyl adjacent to an activating group) is 1. The molecule has 8 rings (SSSR count). The number of carbonyl (C=O) groups excluding carboxylic acids is 1. The third-order valence-electron chi connectivity index (χ3n) is 11.4. The van der Waals surface area contributed by atoms with Crippen molar-refractivity contribution < 1.29 is 9.37 Å². The highest BCUT2D eigenvalue weighted by atomic mass is 16.1. The lowest BCUT2D eigenvalue weighted by atomic mass is 9.94. The minimum atomic E-state index is -0.131. The molecule has 0 bridgehead atoms. The smallest absolute Gasteiger partial charge is 0.236 e. The van der Waals surface area contributed by atoms with Gasteiger partial charge in [0.05, 0.1) is 5.57 Å². The fourth-order valence-corrected chi connectivity index (χ4v) is 8.52. The Morgan fingerprint density at radius 1 is 0.804 bits per heavy atom. The van der Waals surface area contributed by atoms with Crippen molar-refractivity contribution in [2.24, 2.45) is 0 Å². The Morgan fingerprint density at radius 3 is 2.12 bits per heavy atom. The quantitative estimate of drug-likeness (QED) is 0.0889. The summed E-state index contributed by atoms with van der Waals surface area (Å²) in [7, 11) is 2.06. The van der Waals surface area contributed by atoms with Crippen LogP contribution in [0.25, 0.3) is 23.8 Å². The zero-order valence-corrected chi connectivity index (χ0v) is 29.6. The molecule has 51 heavy (non-hydrogen) atoms. The number of nitrogens with zero attached hydrogens (tertiary/aromatic N) is 2. The predicted octanol–water partition coefficient (Wildman–Crippen LogP) is 10.8. The zero-order valence-electron chi connectivity index (χ0n) is 29.6. The summed E-state index contributed by atoms with van der Waals surface area (Å²) >= 11 is 0. The van der Waals surface area contributed by atoms with E-state index in [1.54, 1.807) is 0 Å². The van der Waals surface area contributed by atoms with Crippen LogP contribution in [0.4, 0.5) is 11.4 Å². The van der Waals surface area contributed by atoms with Crippen LogP contribution in [0.3, 0.4) is 0 Å².